The lowest BCUT2D eigenvalue weighted by Crippen LogP contribution is -2.35. The molecule has 1 fully saturated rings. The van der Waals surface area contributed by atoms with Crippen molar-refractivity contribution in [2.24, 2.45) is 7.05 Å². The molecule has 0 radical (unpaired) electrons. The lowest BCUT2D eigenvalue weighted by atomic mass is 10.0. The van der Waals surface area contributed by atoms with Crippen molar-refractivity contribution in [1.29, 1.82) is 0 Å². The Morgan fingerprint density at radius 3 is 2.72 bits per heavy atom. The van der Waals surface area contributed by atoms with Crippen LogP contribution in [0.1, 0.15) is 48.9 Å². The maximum Gasteiger partial charge on any atom is 0.253 e. The first-order valence-electron chi connectivity index (χ1n) is 11.0. The number of aromatic nitrogens is 5. The number of nitrogens with one attached hydrogen (secondary N) is 3. The number of hydrogen-bond donors (Lipinski definition) is 3. The van der Waals surface area contributed by atoms with Crippen molar-refractivity contribution < 1.29 is 9.59 Å². The molecule has 4 rings (SSSR count). The average molecular weight is 440 g/mol. The third-order valence-electron chi connectivity index (χ3n) is 6.10. The van der Waals surface area contributed by atoms with E-state index in [0.717, 1.165) is 42.3 Å². The highest BCUT2D eigenvalue weighted by atomic mass is 16.2. The van der Waals surface area contributed by atoms with Gasteiger partial charge < -0.3 is 15.6 Å². The van der Waals surface area contributed by atoms with Crippen LogP contribution in [0.15, 0.2) is 17.2 Å². The molecular weight excluding hydrogens is 410 g/mol. The van der Waals surface area contributed by atoms with Gasteiger partial charge in [0.15, 0.2) is 0 Å². The van der Waals surface area contributed by atoms with Crippen LogP contribution in [0.2, 0.25) is 0 Å². The number of fused-ring (bicyclic) bond motifs is 1. The van der Waals surface area contributed by atoms with E-state index < -0.39 is 0 Å². The zero-order chi connectivity index (χ0) is 22.8. The summed E-state index contributed by atoms with van der Waals surface area (Å²) in [7, 11) is 1.79. The monoisotopic (exact) mass is 439 g/mol. The molecule has 1 aliphatic rings. The van der Waals surface area contributed by atoms with Gasteiger partial charge in [-0.2, -0.15) is 10.2 Å². The number of aryl methyl sites for hydroxylation is 3. The van der Waals surface area contributed by atoms with E-state index in [-0.39, 0.29) is 36.4 Å². The van der Waals surface area contributed by atoms with Gasteiger partial charge in [0.2, 0.25) is 11.8 Å². The van der Waals surface area contributed by atoms with Gasteiger partial charge in [-0.3, -0.25) is 23.7 Å². The number of H-pyrrole nitrogens is 1. The van der Waals surface area contributed by atoms with E-state index in [9.17, 15) is 14.4 Å². The number of carbonyl (C=O) groups is 2. The van der Waals surface area contributed by atoms with E-state index in [4.69, 9.17) is 0 Å². The van der Waals surface area contributed by atoms with Crippen LogP contribution in [0, 0.1) is 13.8 Å². The number of amides is 2. The van der Waals surface area contributed by atoms with Crippen LogP contribution in [0.5, 0.6) is 0 Å². The van der Waals surface area contributed by atoms with E-state index in [2.05, 4.69) is 25.8 Å². The molecule has 10 nitrogen and oxygen atoms in total. The van der Waals surface area contributed by atoms with Gasteiger partial charge in [0.1, 0.15) is 12.2 Å². The lowest BCUT2D eigenvalue weighted by Gasteiger charge is -2.11. The molecule has 1 aliphatic carbocycles. The molecule has 0 aromatic carbocycles. The van der Waals surface area contributed by atoms with E-state index in [0.29, 0.717) is 23.3 Å². The third-order valence-corrected chi connectivity index (χ3v) is 6.10. The Morgan fingerprint density at radius 1 is 1.22 bits per heavy atom. The summed E-state index contributed by atoms with van der Waals surface area (Å²) in [5.41, 5.74) is 3.28. The maximum absolute atomic E-state index is 12.5. The summed E-state index contributed by atoms with van der Waals surface area (Å²) >= 11 is 0. The highest BCUT2D eigenvalue weighted by Gasteiger charge is 2.18. The number of nitrogens with zero attached hydrogens (tertiary/aromatic N) is 4. The molecular formula is C22H29N7O3. The zero-order valence-corrected chi connectivity index (χ0v) is 18.7. The molecule has 3 heterocycles. The summed E-state index contributed by atoms with van der Waals surface area (Å²) in [5, 5.41) is 15.2. The molecule has 0 spiro atoms. The van der Waals surface area contributed by atoms with Crippen molar-refractivity contribution in [2.75, 3.05) is 5.32 Å². The van der Waals surface area contributed by atoms with Gasteiger partial charge in [-0.05, 0) is 38.7 Å². The Labute approximate surface area is 185 Å². The van der Waals surface area contributed by atoms with Crippen molar-refractivity contribution in [1.82, 2.24) is 29.9 Å². The second-order valence-corrected chi connectivity index (χ2v) is 8.51. The van der Waals surface area contributed by atoms with Gasteiger partial charge in [0.05, 0.1) is 17.6 Å². The Kier molecular flexibility index (Phi) is 6.11. The molecule has 3 N–H and O–H groups in total. The molecule has 0 unspecified atom stereocenters. The minimum Gasteiger partial charge on any atom is -0.352 e. The molecule has 0 atom stereocenters. The first-order valence-corrected chi connectivity index (χ1v) is 11.0. The van der Waals surface area contributed by atoms with Crippen LogP contribution < -0.4 is 16.2 Å². The van der Waals surface area contributed by atoms with Crippen LogP contribution in [0.4, 0.5) is 5.69 Å². The average Bonchev–Trinajstić information content (AvgIpc) is 3.44. The van der Waals surface area contributed by atoms with Gasteiger partial charge in [-0.25, -0.2) is 0 Å². The number of anilines is 1. The summed E-state index contributed by atoms with van der Waals surface area (Å²) in [4.78, 5) is 40.0. The largest absolute Gasteiger partial charge is 0.352 e. The molecule has 0 aliphatic heterocycles. The van der Waals surface area contributed by atoms with Crippen LogP contribution in [0.3, 0.4) is 0 Å². The minimum atomic E-state index is -0.221. The molecule has 3 aromatic rings. The summed E-state index contributed by atoms with van der Waals surface area (Å²) in [6.07, 6.45) is 7.99. The summed E-state index contributed by atoms with van der Waals surface area (Å²) < 4.78 is 3.16. The fraction of sp³-hybridized carbons (Fsp3) is 0.500. The highest BCUT2D eigenvalue weighted by molar-refractivity contribution is 5.91. The van der Waals surface area contributed by atoms with Gasteiger partial charge in [0.25, 0.3) is 5.56 Å². The van der Waals surface area contributed by atoms with Crippen molar-refractivity contribution >= 4 is 28.5 Å². The zero-order valence-electron chi connectivity index (χ0n) is 18.7. The van der Waals surface area contributed by atoms with Crippen molar-refractivity contribution in [3.8, 4) is 0 Å². The number of carbonyl (C=O) groups excluding carboxylic acids is 2. The molecule has 2 amide bonds. The number of pyridine rings is 1. The number of aromatic amines is 1. The fourth-order valence-corrected chi connectivity index (χ4v) is 4.52. The van der Waals surface area contributed by atoms with Crippen LogP contribution in [0.25, 0.3) is 11.0 Å². The molecule has 32 heavy (non-hydrogen) atoms. The van der Waals surface area contributed by atoms with E-state index in [1.165, 1.54) is 10.9 Å². The van der Waals surface area contributed by atoms with Crippen LogP contribution in [-0.2, 0) is 29.6 Å². The molecule has 10 heteroatoms. The normalized spacial score (nSPS) is 14.2. The van der Waals surface area contributed by atoms with E-state index in [1.807, 2.05) is 13.8 Å². The topological polar surface area (TPSA) is 127 Å². The van der Waals surface area contributed by atoms with Crippen LogP contribution >= 0.6 is 0 Å². The highest BCUT2D eigenvalue weighted by Crippen LogP contribution is 2.21. The van der Waals surface area contributed by atoms with Gasteiger partial charge in [-0.15, -0.1) is 0 Å². The predicted molar refractivity (Wildman–Crippen MR) is 120 cm³/mol. The summed E-state index contributed by atoms with van der Waals surface area (Å²) in [5.74, 6) is -0.296. The number of rotatable bonds is 7. The Bertz CT molecular complexity index is 1210. The van der Waals surface area contributed by atoms with Crippen LogP contribution in [-0.4, -0.2) is 42.4 Å². The molecule has 170 valence electrons. The smallest absolute Gasteiger partial charge is 0.253 e. The summed E-state index contributed by atoms with van der Waals surface area (Å²) in [6, 6.07) is 0.263. The van der Waals surface area contributed by atoms with Crippen molar-refractivity contribution in [2.45, 2.75) is 65.0 Å². The van der Waals surface area contributed by atoms with E-state index >= 15 is 0 Å². The van der Waals surface area contributed by atoms with Gasteiger partial charge in [-0.1, -0.05) is 12.8 Å². The minimum absolute atomic E-state index is 0.0753. The maximum atomic E-state index is 12.5. The van der Waals surface area contributed by atoms with Gasteiger partial charge in [0, 0.05) is 36.7 Å². The lowest BCUT2D eigenvalue weighted by molar-refractivity contribution is -0.122. The van der Waals surface area contributed by atoms with Crippen molar-refractivity contribution in [3.05, 3.63) is 39.6 Å². The standard InChI is InChI=1S/C22H29N7O3/c1-13-17(22(32)26-21-20(13)14(2)27-28(21)3)8-9-18(30)25-16-10-23-29(11-16)12-19(31)24-15-6-4-5-7-15/h10-11,15H,4-9,12H2,1-3H3,(H,24,31)(H,25,30)(H,26,32). The fourth-order valence-electron chi connectivity index (χ4n) is 4.52. The molecule has 3 aromatic heterocycles. The van der Waals surface area contributed by atoms with Gasteiger partial charge >= 0.3 is 0 Å². The second-order valence-electron chi connectivity index (χ2n) is 8.51. The Hall–Kier alpha value is -3.43. The molecule has 0 saturated heterocycles. The van der Waals surface area contributed by atoms with E-state index in [1.54, 1.807) is 17.9 Å². The first-order chi connectivity index (χ1) is 15.3. The molecule has 1 saturated carbocycles. The Morgan fingerprint density at radius 2 is 1.97 bits per heavy atom. The SMILES string of the molecule is Cc1nn(C)c2[nH]c(=O)c(CCC(=O)Nc3cnn(CC(=O)NC4CCCC4)c3)c(C)c12. The predicted octanol–water partition coefficient (Wildman–Crippen LogP) is 1.71. The molecule has 0 bridgehead atoms. The number of hydrogen-bond acceptors (Lipinski definition) is 5. The third kappa shape index (κ3) is 4.58. The first kappa shape index (κ1) is 21.8. The second kappa shape index (κ2) is 8.97. The van der Waals surface area contributed by atoms with Crippen molar-refractivity contribution in [3.63, 3.8) is 0 Å². The Balaban J connectivity index is 1.34. The quantitative estimate of drug-likeness (QED) is 0.516. The summed E-state index contributed by atoms with van der Waals surface area (Å²) in [6.45, 7) is 3.90.